The zero-order valence-corrected chi connectivity index (χ0v) is 21.6. The number of aromatic nitrogens is 4. The Labute approximate surface area is 224 Å². The number of aromatic amines is 1. The third-order valence-corrected chi connectivity index (χ3v) is 6.08. The molecule has 4 aromatic rings. The maximum absolute atomic E-state index is 12.2. The molecule has 168 valence electrons. The predicted octanol–water partition coefficient (Wildman–Crippen LogP) is -0.466. The number of urea groups is 1. The number of nitrogens with one attached hydrogen (secondary N) is 3. The van der Waals surface area contributed by atoms with E-state index in [1.165, 1.54) is 23.1 Å². The van der Waals surface area contributed by atoms with Crippen LogP contribution in [0.3, 0.4) is 0 Å². The third-order valence-electron chi connectivity index (χ3n) is 4.11. The summed E-state index contributed by atoms with van der Waals surface area (Å²) in [4.78, 5) is 38.5. The van der Waals surface area contributed by atoms with Crippen LogP contribution in [0.5, 0.6) is 5.75 Å². The summed E-state index contributed by atoms with van der Waals surface area (Å²) in [6, 6.07) is 12.1. The number of pyridine rings is 1. The summed E-state index contributed by atoms with van der Waals surface area (Å²) < 4.78 is 5.97. The van der Waals surface area contributed by atoms with Gasteiger partial charge in [0.1, 0.15) is 23.2 Å². The van der Waals surface area contributed by atoms with Gasteiger partial charge >= 0.3 is 35.6 Å². The molecule has 0 atom stereocenters. The molecule has 3 heterocycles. The van der Waals surface area contributed by atoms with Crippen LogP contribution in [0.1, 0.15) is 5.82 Å². The Balaban J connectivity index is 0.00000324. The Kier molecular flexibility index (Phi) is 9.48. The van der Waals surface area contributed by atoms with Gasteiger partial charge in [0.05, 0.1) is 34.8 Å². The molecule has 0 fully saturated rings. The summed E-state index contributed by atoms with van der Waals surface area (Å²) in [5.74, 6) is -0.291. The maximum atomic E-state index is 12.2. The standard InChI is InChI=1S/C21H18N6O4S2.Na/c28-18(29)12-31-14-6-4-13(5-7-14)15-9-23-16(26-15)10-24-20(30)27-21-25-11-19(33-21)32-17-3-1-2-8-22-17;/h1-9,11H,10,12H2,(H,23,26)(H,28,29)(H2,24,25,27,30);/q;+1/p-1. The summed E-state index contributed by atoms with van der Waals surface area (Å²) >= 11 is 2.83. The molecule has 2 amide bonds. The molecule has 0 bridgehead atoms. The van der Waals surface area contributed by atoms with Gasteiger partial charge in [0.15, 0.2) is 5.13 Å². The van der Waals surface area contributed by atoms with Crippen LogP contribution in [0.25, 0.3) is 11.3 Å². The fraction of sp³-hybridized carbons (Fsp3) is 0.0952. The number of aliphatic carboxylic acids is 1. The molecule has 0 saturated heterocycles. The average Bonchev–Trinajstić information content (AvgIpc) is 3.47. The first-order valence-electron chi connectivity index (χ1n) is 9.62. The fourth-order valence-corrected chi connectivity index (χ4v) is 4.43. The van der Waals surface area contributed by atoms with Crippen LogP contribution in [0.15, 0.2) is 70.3 Å². The molecule has 34 heavy (non-hydrogen) atoms. The van der Waals surface area contributed by atoms with Crippen LogP contribution >= 0.6 is 23.1 Å². The molecule has 0 saturated carbocycles. The van der Waals surface area contributed by atoms with Gasteiger partial charge in [-0.05, 0) is 42.0 Å². The Morgan fingerprint density at radius 2 is 1.91 bits per heavy atom. The fourth-order valence-electron chi connectivity index (χ4n) is 2.65. The number of rotatable bonds is 9. The second-order valence-corrected chi connectivity index (χ2v) is 8.84. The Morgan fingerprint density at radius 1 is 1.09 bits per heavy atom. The molecule has 3 N–H and O–H groups in total. The molecule has 0 aliphatic heterocycles. The van der Waals surface area contributed by atoms with E-state index in [0.29, 0.717) is 16.7 Å². The van der Waals surface area contributed by atoms with Crippen molar-refractivity contribution in [3.63, 3.8) is 0 Å². The van der Waals surface area contributed by atoms with Gasteiger partial charge in [-0.2, -0.15) is 0 Å². The second-order valence-electron chi connectivity index (χ2n) is 6.49. The number of ether oxygens (including phenoxy) is 1. The summed E-state index contributed by atoms with van der Waals surface area (Å²) in [6.07, 6.45) is 5.06. The molecule has 1 aromatic carbocycles. The zero-order valence-electron chi connectivity index (χ0n) is 18.0. The molecule has 0 spiro atoms. The predicted molar refractivity (Wildman–Crippen MR) is 121 cm³/mol. The van der Waals surface area contributed by atoms with Crippen molar-refractivity contribution < 1.29 is 49.0 Å². The topological polar surface area (TPSA) is 145 Å². The summed E-state index contributed by atoms with van der Waals surface area (Å²) in [7, 11) is 0. The third kappa shape index (κ3) is 7.57. The van der Waals surface area contributed by atoms with Crippen molar-refractivity contribution in [3.05, 3.63) is 66.9 Å². The molecular formula is C21H17N6NaO4S2. The van der Waals surface area contributed by atoms with E-state index >= 15 is 0 Å². The number of carbonyl (C=O) groups excluding carboxylic acids is 2. The van der Waals surface area contributed by atoms with Crippen LogP contribution in [-0.2, 0) is 11.3 Å². The van der Waals surface area contributed by atoms with Gasteiger partial charge in [-0.15, -0.1) is 0 Å². The van der Waals surface area contributed by atoms with Crippen molar-refractivity contribution in [2.75, 3.05) is 11.9 Å². The Bertz CT molecular complexity index is 1230. The molecule has 10 nitrogen and oxygen atoms in total. The van der Waals surface area contributed by atoms with Crippen molar-refractivity contribution in [2.24, 2.45) is 0 Å². The average molecular weight is 505 g/mol. The number of anilines is 1. The Morgan fingerprint density at radius 3 is 2.65 bits per heavy atom. The van der Waals surface area contributed by atoms with Gasteiger partial charge < -0.3 is 24.9 Å². The monoisotopic (exact) mass is 504 g/mol. The van der Waals surface area contributed by atoms with E-state index in [1.807, 2.05) is 18.2 Å². The number of carbonyl (C=O) groups is 2. The van der Waals surface area contributed by atoms with Gasteiger partial charge in [0.2, 0.25) is 0 Å². The maximum Gasteiger partial charge on any atom is 1.00 e. The number of benzene rings is 1. The summed E-state index contributed by atoms with van der Waals surface area (Å²) in [5.41, 5.74) is 1.58. The van der Waals surface area contributed by atoms with E-state index in [-0.39, 0.29) is 36.1 Å². The van der Waals surface area contributed by atoms with Crippen LogP contribution in [0.4, 0.5) is 9.93 Å². The number of H-pyrrole nitrogens is 1. The van der Waals surface area contributed by atoms with Crippen molar-refractivity contribution in [1.29, 1.82) is 0 Å². The smallest absolute Gasteiger partial charge is 0.546 e. The summed E-state index contributed by atoms with van der Waals surface area (Å²) in [6.45, 7) is -0.313. The van der Waals surface area contributed by atoms with E-state index in [1.54, 1.807) is 42.9 Å². The molecule has 3 aromatic heterocycles. The number of nitrogens with zero attached hydrogens (tertiary/aromatic N) is 3. The quantitative estimate of drug-likeness (QED) is 0.260. The molecule has 0 aliphatic rings. The first-order valence-corrected chi connectivity index (χ1v) is 11.2. The molecule has 13 heteroatoms. The number of carboxylic acid groups (broad SMARTS) is 1. The number of imidazole rings is 1. The van der Waals surface area contributed by atoms with E-state index in [4.69, 9.17) is 4.74 Å². The number of thiazole rings is 1. The zero-order chi connectivity index (χ0) is 23.0. The van der Waals surface area contributed by atoms with Gasteiger partial charge in [0.25, 0.3) is 0 Å². The van der Waals surface area contributed by atoms with Crippen LogP contribution in [0, 0.1) is 0 Å². The minimum absolute atomic E-state index is 0. The van der Waals surface area contributed by atoms with Crippen molar-refractivity contribution >= 4 is 40.2 Å². The van der Waals surface area contributed by atoms with Crippen molar-refractivity contribution in [2.45, 2.75) is 15.8 Å². The normalized spacial score (nSPS) is 10.2. The number of amides is 2. The minimum atomic E-state index is -1.28. The van der Waals surface area contributed by atoms with Gasteiger partial charge in [-0.3, -0.25) is 5.32 Å². The van der Waals surface area contributed by atoms with Crippen molar-refractivity contribution in [3.8, 4) is 17.0 Å². The van der Waals surface area contributed by atoms with Gasteiger partial charge in [-0.1, -0.05) is 29.2 Å². The number of carboxylic acids is 1. The molecule has 0 radical (unpaired) electrons. The number of hydrogen-bond acceptors (Lipinski definition) is 9. The van der Waals surface area contributed by atoms with E-state index in [2.05, 4.69) is 30.6 Å². The molecule has 4 rings (SSSR count). The number of hydrogen-bond donors (Lipinski definition) is 3. The largest absolute Gasteiger partial charge is 1.00 e. The van der Waals surface area contributed by atoms with E-state index in [9.17, 15) is 14.7 Å². The SMILES string of the molecule is O=C([O-])COc1ccc(-c2cnc(CNC(=O)Nc3ncc(Sc4ccccn4)s3)[nH]2)cc1.[Na+]. The van der Waals surface area contributed by atoms with Crippen LogP contribution < -0.4 is 50.0 Å². The van der Waals surface area contributed by atoms with Gasteiger partial charge in [0, 0.05) is 6.20 Å². The van der Waals surface area contributed by atoms with Crippen LogP contribution in [-0.4, -0.2) is 38.5 Å². The minimum Gasteiger partial charge on any atom is -0.546 e. The molecular weight excluding hydrogens is 487 g/mol. The Hall–Kier alpha value is -2.90. The van der Waals surface area contributed by atoms with E-state index < -0.39 is 18.6 Å². The first kappa shape index (κ1) is 25.7. The summed E-state index contributed by atoms with van der Waals surface area (Å²) in [5, 5.41) is 17.2. The van der Waals surface area contributed by atoms with Crippen LogP contribution in [0.2, 0.25) is 0 Å². The van der Waals surface area contributed by atoms with Gasteiger partial charge in [-0.25, -0.2) is 19.7 Å². The second kappa shape index (κ2) is 12.5. The van der Waals surface area contributed by atoms with Crippen molar-refractivity contribution in [1.82, 2.24) is 25.3 Å². The molecule has 0 aliphatic carbocycles. The van der Waals surface area contributed by atoms with E-state index in [0.717, 1.165) is 20.5 Å². The first-order chi connectivity index (χ1) is 16.0. The molecule has 0 unspecified atom stereocenters.